The van der Waals surface area contributed by atoms with Crippen LogP contribution in [0.5, 0.6) is 0 Å². The number of nitrogens with one attached hydrogen (secondary N) is 1. The van der Waals surface area contributed by atoms with Gasteiger partial charge in [-0.05, 0) is 60.5 Å². The van der Waals surface area contributed by atoms with Gasteiger partial charge >= 0.3 is 5.69 Å². The molecule has 1 amide bonds. The molecule has 3 heterocycles. The van der Waals surface area contributed by atoms with Crippen molar-refractivity contribution in [1.82, 2.24) is 13.7 Å². The summed E-state index contributed by atoms with van der Waals surface area (Å²) in [5.74, 6) is -0.815. The molecule has 1 aliphatic rings. The maximum absolute atomic E-state index is 13.9. The predicted molar refractivity (Wildman–Crippen MR) is 153 cm³/mol. The molecule has 0 fully saturated rings. The van der Waals surface area contributed by atoms with Crippen LogP contribution in [0.1, 0.15) is 24.1 Å². The molecule has 1 atom stereocenters. The van der Waals surface area contributed by atoms with Gasteiger partial charge in [-0.25, -0.2) is 14.2 Å². The normalized spacial score (nSPS) is 15.3. The van der Waals surface area contributed by atoms with E-state index in [-0.39, 0.29) is 11.2 Å². The molecule has 0 bridgehead atoms. The fourth-order valence-electron chi connectivity index (χ4n) is 5.06. The number of nitrogens with zero attached hydrogens (tertiary/aromatic N) is 4. The number of imidazole rings is 1. The number of carbonyl (C=O) groups is 1. The Balaban J connectivity index is 1.51. The van der Waals surface area contributed by atoms with Gasteiger partial charge in [0.25, 0.3) is 11.5 Å². The number of allylic oxidation sites excluding steroid dienone is 1. The molecular weight excluding hydrogens is 529 g/mol. The number of amides is 1. The number of rotatable bonds is 4. The van der Waals surface area contributed by atoms with Gasteiger partial charge in [0.1, 0.15) is 5.82 Å². The van der Waals surface area contributed by atoms with E-state index in [2.05, 4.69) is 10.3 Å². The van der Waals surface area contributed by atoms with Crippen molar-refractivity contribution in [3.63, 3.8) is 0 Å². The lowest BCUT2D eigenvalue weighted by atomic mass is 9.95. The molecule has 0 unspecified atom stereocenters. The van der Waals surface area contributed by atoms with Crippen LogP contribution in [0.2, 0.25) is 0 Å². The molecule has 8 nitrogen and oxygen atoms in total. The van der Waals surface area contributed by atoms with Gasteiger partial charge in [-0.1, -0.05) is 47.7 Å². The van der Waals surface area contributed by atoms with Crippen LogP contribution in [0.15, 0.2) is 98.6 Å². The second-order valence-corrected chi connectivity index (χ2v) is 10.6. The number of anilines is 1. The molecule has 1 N–H and O–H groups in total. The van der Waals surface area contributed by atoms with E-state index in [9.17, 15) is 18.8 Å². The highest BCUT2D eigenvalue weighted by Gasteiger charge is 2.32. The molecule has 1 aliphatic heterocycles. The molecule has 0 aliphatic carbocycles. The summed E-state index contributed by atoms with van der Waals surface area (Å²) in [6, 6.07) is 19.5. The van der Waals surface area contributed by atoms with Crippen molar-refractivity contribution in [3.8, 4) is 0 Å². The van der Waals surface area contributed by atoms with E-state index in [0.29, 0.717) is 31.9 Å². The molecule has 0 saturated carbocycles. The van der Waals surface area contributed by atoms with E-state index in [1.54, 1.807) is 60.5 Å². The van der Waals surface area contributed by atoms with Crippen molar-refractivity contribution in [2.45, 2.75) is 13.0 Å². The van der Waals surface area contributed by atoms with Gasteiger partial charge in [0.15, 0.2) is 4.80 Å². The summed E-state index contributed by atoms with van der Waals surface area (Å²) in [7, 11) is 3.42. The molecule has 40 heavy (non-hydrogen) atoms. The summed E-state index contributed by atoms with van der Waals surface area (Å²) < 4.78 is 18.9. The Morgan fingerprint density at radius 3 is 2.40 bits per heavy atom. The molecule has 5 aromatic rings. The summed E-state index contributed by atoms with van der Waals surface area (Å²) in [5, 5.41) is 2.90. The van der Waals surface area contributed by atoms with Crippen molar-refractivity contribution in [1.29, 1.82) is 0 Å². The van der Waals surface area contributed by atoms with Crippen LogP contribution in [-0.2, 0) is 18.9 Å². The van der Waals surface area contributed by atoms with Crippen molar-refractivity contribution in [2.75, 3.05) is 5.32 Å². The molecule has 6 rings (SSSR count). The fourth-order valence-corrected chi connectivity index (χ4v) is 6.10. The summed E-state index contributed by atoms with van der Waals surface area (Å²) in [5.41, 5.74) is 3.78. The second kappa shape index (κ2) is 9.73. The number of benzene rings is 3. The SMILES string of the molecule is CC1=C(C(=O)Nc2ccccc2)[C@@H](c2ccc(F)cc2)n2c(s/c(=C/c3ccc4c(c3)n(C)c(=O)n4C)c2=O)=N1. The largest absolute Gasteiger partial charge is 0.328 e. The zero-order valence-corrected chi connectivity index (χ0v) is 22.7. The van der Waals surface area contributed by atoms with Gasteiger partial charge in [-0.15, -0.1) is 0 Å². The van der Waals surface area contributed by atoms with Gasteiger partial charge in [0.2, 0.25) is 0 Å². The third-order valence-corrected chi connectivity index (χ3v) is 8.06. The monoisotopic (exact) mass is 553 g/mol. The summed E-state index contributed by atoms with van der Waals surface area (Å²) in [4.78, 5) is 44.9. The van der Waals surface area contributed by atoms with Crippen molar-refractivity contribution < 1.29 is 9.18 Å². The second-order valence-electron chi connectivity index (χ2n) is 9.60. The molecule has 3 aromatic carbocycles. The van der Waals surface area contributed by atoms with E-state index in [1.165, 1.54) is 28.0 Å². The Morgan fingerprint density at radius 1 is 0.975 bits per heavy atom. The fraction of sp³-hybridized carbons (Fsp3) is 0.133. The molecule has 2 aromatic heterocycles. The average molecular weight is 554 g/mol. The van der Waals surface area contributed by atoms with Crippen LogP contribution in [0.4, 0.5) is 10.1 Å². The highest BCUT2D eigenvalue weighted by molar-refractivity contribution is 7.07. The number of carbonyl (C=O) groups excluding carboxylic acids is 1. The van der Waals surface area contributed by atoms with Gasteiger partial charge < -0.3 is 5.32 Å². The summed E-state index contributed by atoms with van der Waals surface area (Å²) in [6.07, 6.45) is 1.76. The van der Waals surface area contributed by atoms with E-state index >= 15 is 0 Å². The van der Waals surface area contributed by atoms with Gasteiger partial charge in [-0.3, -0.25) is 23.3 Å². The van der Waals surface area contributed by atoms with Gasteiger partial charge in [0.05, 0.1) is 32.9 Å². The van der Waals surface area contributed by atoms with E-state index < -0.39 is 17.8 Å². The molecule has 10 heteroatoms. The standard InChI is InChI=1S/C30H24FN5O3S/c1-17-25(27(37)33-21-7-5-4-6-8-21)26(19-10-12-20(31)13-11-19)36-28(38)24(40-29(36)32-17)16-18-9-14-22-23(15-18)35(3)30(39)34(22)2/h4-16,26H,1-3H3,(H,33,37)/b24-16+/t26-/m1/s1. The molecule has 0 radical (unpaired) electrons. The summed E-state index contributed by atoms with van der Waals surface area (Å²) in [6.45, 7) is 1.73. The maximum atomic E-state index is 13.9. The number of hydrogen-bond acceptors (Lipinski definition) is 5. The van der Waals surface area contributed by atoms with Crippen LogP contribution >= 0.6 is 11.3 Å². The quantitative estimate of drug-likeness (QED) is 0.371. The van der Waals surface area contributed by atoms with Crippen LogP contribution in [0, 0.1) is 5.82 Å². The minimum atomic E-state index is -0.805. The third-order valence-electron chi connectivity index (χ3n) is 7.08. The van der Waals surface area contributed by atoms with E-state index in [0.717, 1.165) is 16.6 Å². The Morgan fingerprint density at radius 2 is 1.68 bits per heavy atom. The number of thiazole rings is 1. The first-order chi connectivity index (χ1) is 19.2. The maximum Gasteiger partial charge on any atom is 0.328 e. The zero-order valence-electron chi connectivity index (χ0n) is 21.9. The lowest BCUT2D eigenvalue weighted by Crippen LogP contribution is -2.40. The van der Waals surface area contributed by atoms with Crippen LogP contribution in [-0.4, -0.2) is 19.6 Å². The smallest absolute Gasteiger partial charge is 0.322 e. The number of halogens is 1. The lowest BCUT2D eigenvalue weighted by Gasteiger charge is -2.25. The molecule has 200 valence electrons. The van der Waals surface area contributed by atoms with Crippen molar-refractivity contribution >= 4 is 40.0 Å². The molecule has 0 spiro atoms. The van der Waals surface area contributed by atoms with Gasteiger partial charge in [0, 0.05) is 19.8 Å². The average Bonchev–Trinajstić information content (AvgIpc) is 3.36. The number of hydrogen-bond donors (Lipinski definition) is 1. The van der Waals surface area contributed by atoms with Crippen molar-refractivity contribution in [2.24, 2.45) is 19.1 Å². The topological polar surface area (TPSA) is 90.4 Å². The summed E-state index contributed by atoms with van der Waals surface area (Å²) >= 11 is 1.21. The first-order valence-corrected chi connectivity index (χ1v) is 13.3. The van der Waals surface area contributed by atoms with Gasteiger partial charge in [-0.2, -0.15) is 0 Å². The lowest BCUT2D eigenvalue weighted by molar-refractivity contribution is -0.113. The number of fused-ring (bicyclic) bond motifs is 2. The third kappa shape index (κ3) is 4.22. The Labute approximate surface area is 231 Å². The Kier molecular flexibility index (Phi) is 6.19. The highest BCUT2D eigenvalue weighted by atomic mass is 32.1. The van der Waals surface area contributed by atoms with Crippen LogP contribution < -0.4 is 25.9 Å². The zero-order chi connectivity index (χ0) is 28.1. The Hall–Kier alpha value is -4.83. The first-order valence-electron chi connectivity index (χ1n) is 12.5. The molecular formula is C30H24FN5O3S. The predicted octanol–water partition coefficient (Wildman–Crippen LogP) is 3.20. The highest BCUT2D eigenvalue weighted by Crippen LogP contribution is 2.31. The number of aromatic nitrogens is 3. The minimum Gasteiger partial charge on any atom is -0.322 e. The minimum absolute atomic E-state index is 0.136. The number of aryl methyl sites for hydroxylation is 2. The van der Waals surface area contributed by atoms with E-state index in [4.69, 9.17) is 0 Å². The number of para-hydroxylation sites is 1. The molecule has 0 saturated heterocycles. The first kappa shape index (κ1) is 25.4. The van der Waals surface area contributed by atoms with Crippen molar-refractivity contribution in [3.05, 3.63) is 131 Å². The van der Waals surface area contributed by atoms with Crippen LogP contribution in [0.3, 0.4) is 0 Å². The van der Waals surface area contributed by atoms with E-state index in [1.807, 2.05) is 36.4 Å². The van der Waals surface area contributed by atoms with Crippen LogP contribution in [0.25, 0.3) is 17.1 Å². The Bertz CT molecular complexity index is 2080.